The predicted octanol–water partition coefficient (Wildman–Crippen LogP) is 3.87. The number of aryl methyl sites for hydroxylation is 1. The van der Waals surface area contributed by atoms with Crippen molar-refractivity contribution < 1.29 is 14.3 Å². The summed E-state index contributed by atoms with van der Waals surface area (Å²) >= 11 is 0. The fourth-order valence-corrected chi connectivity index (χ4v) is 2.60. The van der Waals surface area contributed by atoms with Crippen LogP contribution < -0.4 is 10.1 Å². The Morgan fingerprint density at radius 1 is 1.20 bits per heavy atom. The van der Waals surface area contributed by atoms with Crippen LogP contribution in [0.4, 0.5) is 11.4 Å². The van der Waals surface area contributed by atoms with Gasteiger partial charge in [0.25, 0.3) is 0 Å². The summed E-state index contributed by atoms with van der Waals surface area (Å²) in [6, 6.07) is 9.65. The van der Waals surface area contributed by atoms with E-state index in [2.05, 4.69) is 15.3 Å². The third kappa shape index (κ3) is 3.24. The maximum absolute atomic E-state index is 12.4. The van der Waals surface area contributed by atoms with Crippen molar-refractivity contribution >= 4 is 28.2 Å². The molecule has 0 bridgehead atoms. The van der Waals surface area contributed by atoms with Crippen molar-refractivity contribution in [3.63, 3.8) is 0 Å². The molecule has 128 valence electrons. The second kappa shape index (κ2) is 7.17. The first-order chi connectivity index (χ1) is 12.2. The number of para-hydroxylation sites is 1. The molecule has 25 heavy (non-hydrogen) atoms. The molecule has 0 spiro atoms. The van der Waals surface area contributed by atoms with Crippen LogP contribution in [0.2, 0.25) is 0 Å². The molecule has 0 atom stereocenters. The Labute approximate surface area is 145 Å². The lowest BCUT2D eigenvalue weighted by Crippen LogP contribution is -2.10. The topological polar surface area (TPSA) is 73.3 Å². The average Bonchev–Trinajstić information content (AvgIpc) is 2.63. The van der Waals surface area contributed by atoms with Crippen LogP contribution >= 0.6 is 0 Å². The molecule has 6 heteroatoms. The van der Waals surface area contributed by atoms with Crippen molar-refractivity contribution in [1.29, 1.82) is 0 Å². The number of rotatable bonds is 5. The molecule has 0 saturated carbocycles. The Hall–Kier alpha value is -3.15. The first-order valence-corrected chi connectivity index (χ1v) is 7.97. The SMILES string of the molecule is CCOC(=O)c1cnc2c(OC)nccc2c1Nc1ccccc1C. The second-order valence-corrected chi connectivity index (χ2v) is 5.42. The summed E-state index contributed by atoms with van der Waals surface area (Å²) < 4.78 is 10.5. The van der Waals surface area contributed by atoms with Crippen LogP contribution in [-0.4, -0.2) is 29.7 Å². The molecule has 1 N–H and O–H groups in total. The van der Waals surface area contributed by atoms with E-state index in [0.29, 0.717) is 29.3 Å². The lowest BCUT2D eigenvalue weighted by Gasteiger charge is -2.16. The molecule has 0 amide bonds. The van der Waals surface area contributed by atoms with Gasteiger partial charge in [-0.1, -0.05) is 18.2 Å². The number of aromatic nitrogens is 2. The molecule has 0 aliphatic carbocycles. The fourth-order valence-electron chi connectivity index (χ4n) is 2.60. The summed E-state index contributed by atoms with van der Waals surface area (Å²) in [7, 11) is 1.54. The zero-order chi connectivity index (χ0) is 17.8. The third-order valence-corrected chi connectivity index (χ3v) is 3.85. The zero-order valence-corrected chi connectivity index (χ0v) is 14.4. The summed E-state index contributed by atoms with van der Waals surface area (Å²) in [5.41, 5.74) is 3.53. The zero-order valence-electron chi connectivity index (χ0n) is 14.4. The smallest absolute Gasteiger partial charge is 0.341 e. The Kier molecular flexibility index (Phi) is 4.79. The van der Waals surface area contributed by atoms with Crippen molar-refractivity contribution in [2.45, 2.75) is 13.8 Å². The summed E-state index contributed by atoms with van der Waals surface area (Å²) in [5, 5.41) is 4.09. The minimum absolute atomic E-state index is 0.292. The van der Waals surface area contributed by atoms with Gasteiger partial charge in [0.15, 0.2) is 0 Å². The summed E-state index contributed by atoms with van der Waals surface area (Å²) in [6.45, 7) is 4.06. The van der Waals surface area contributed by atoms with Crippen molar-refractivity contribution in [2.24, 2.45) is 0 Å². The molecular weight excluding hydrogens is 318 g/mol. The van der Waals surface area contributed by atoms with Gasteiger partial charge in [-0.2, -0.15) is 0 Å². The van der Waals surface area contributed by atoms with Gasteiger partial charge in [0.2, 0.25) is 5.88 Å². The molecule has 2 heterocycles. The summed E-state index contributed by atoms with van der Waals surface area (Å²) in [6.07, 6.45) is 3.12. The first-order valence-electron chi connectivity index (χ1n) is 7.97. The van der Waals surface area contributed by atoms with E-state index in [-0.39, 0.29) is 0 Å². The van der Waals surface area contributed by atoms with Crippen LogP contribution in [0.3, 0.4) is 0 Å². The minimum Gasteiger partial charge on any atom is -0.479 e. The van der Waals surface area contributed by atoms with E-state index < -0.39 is 5.97 Å². The lowest BCUT2D eigenvalue weighted by atomic mass is 10.1. The summed E-state index contributed by atoms with van der Waals surface area (Å²) in [5.74, 6) is -0.0236. The van der Waals surface area contributed by atoms with Gasteiger partial charge in [-0.3, -0.25) is 0 Å². The van der Waals surface area contributed by atoms with E-state index in [1.165, 1.54) is 13.3 Å². The number of pyridine rings is 2. The average molecular weight is 337 g/mol. The highest BCUT2D eigenvalue weighted by Crippen LogP contribution is 2.33. The van der Waals surface area contributed by atoms with E-state index in [1.807, 2.05) is 31.2 Å². The van der Waals surface area contributed by atoms with Gasteiger partial charge in [-0.05, 0) is 31.5 Å². The van der Waals surface area contributed by atoms with Crippen molar-refractivity contribution in [3.8, 4) is 5.88 Å². The Morgan fingerprint density at radius 2 is 2.00 bits per heavy atom. The highest BCUT2D eigenvalue weighted by molar-refractivity contribution is 6.07. The molecule has 0 aliphatic rings. The van der Waals surface area contributed by atoms with Gasteiger partial charge in [-0.25, -0.2) is 14.8 Å². The summed E-state index contributed by atoms with van der Waals surface area (Å²) in [4.78, 5) is 20.9. The van der Waals surface area contributed by atoms with Crippen molar-refractivity contribution in [1.82, 2.24) is 9.97 Å². The van der Waals surface area contributed by atoms with E-state index >= 15 is 0 Å². The second-order valence-electron chi connectivity index (χ2n) is 5.42. The number of anilines is 2. The van der Waals surface area contributed by atoms with Gasteiger partial charge in [-0.15, -0.1) is 0 Å². The monoisotopic (exact) mass is 337 g/mol. The molecule has 0 radical (unpaired) electrons. The van der Waals surface area contributed by atoms with Crippen LogP contribution in [0.25, 0.3) is 10.9 Å². The molecule has 0 aliphatic heterocycles. The lowest BCUT2D eigenvalue weighted by molar-refractivity contribution is 0.0527. The van der Waals surface area contributed by atoms with E-state index in [0.717, 1.165) is 16.6 Å². The molecular formula is C19H19N3O3. The maximum Gasteiger partial charge on any atom is 0.341 e. The van der Waals surface area contributed by atoms with Gasteiger partial charge < -0.3 is 14.8 Å². The standard InChI is InChI=1S/C19H19N3O3/c1-4-25-19(23)14-11-21-17-13(9-10-20-18(17)24-3)16(14)22-15-8-6-5-7-12(15)2/h5-11H,4H2,1-3H3,(H,21,22). The fraction of sp³-hybridized carbons (Fsp3) is 0.211. The number of hydrogen-bond acceptors (Lipinski definition) is 6. The molecule has 3 aromatic rings. The molecule has 1 aromatic carbocycles. The van der Waals surface area contributed by atoms with Crippen LogP contribution in [0, 0.1) is 6.92 Å². The van der Waals surface area contributed by atoms with Crippen LogP contribution in [0.1, 0.15) is 22.8 Å². The number of benzene rings is 1. The normalized spacial score (nSPS) is 10.5. The Bertz CT molecular complexity index is 925. The van der Waals surface area contributed by atoms with Crippen LogP contribution in [0.5, 0.6) is 5.88 Å². The Balaban J connectivity index is 2.22. The number of methoxy groups -OCH3 is 1. The number of fused-ring (bicyclic) bond motifs is 1. The number of ether oxygens (including phenoxy) is 2. The number of nitrogens with one attached hydrogen (secondary N) is 1. The van der Waals surface area contributed by atoms with E-state index in [9.17, 15) is 4.79 Å². The largest absolute Gasteiger partial charge is 0.479 e. The number of carbonyl (C=O) groups excluding carboxylic acids is 1. The number of esters is 1. The van der Waals surface area contributed by atoms with Crippen molar-refractivity contribution in [2.75, 3.05) is 19.0 Å². The molecule has 6 nitrogen and oxygen atoms in total. The van der Waals surface area contributed by atoms with E-state index in [4.69, 9.17) is 9.47 Å². The Morgan fingerprint density at radius 3 is 2.72 bits per heavy atom. The predicted molar refractivity (Wildman–Crippen MR) is 96.5 cm³/mol. The molecule has 2 aromatic heterocycles. The molecule has 0 unspecified atom stereocenters. The number of nitrogens with zero attached hydrogens (tertiary/aromatic N) is 2. The van der Waals surface area contributed by atoms with Gasteiger partial charge >= 0.3 is 5.97 Å². The molecule has 3 rings (SSSR count). The minimum atomic E-state index is -0.427. The molecule has 0 saturated heterocycles. The highest BCUT2D eigenvalue weighted by atomic mass is 16.5. The van der Waals surface area contributed by atoms with Gasteiger partial charge in [0.1, 0.15) is 11.1 Å². The molecule has 0 fully saturated rings. The number of carbonyl (C=O) groups is 1. The van der Waals surface area contributed by atoms with Crippen LogP contribution in [-0.2, 0) is 4.74 Å². The third-order valence-electron chi connectivity index (χ3n) is 3.85. The highest BCUT2D eigenvalue weighted by Gasteiger charge is 2.19. The van der Waals surface area contributed by atoms with Gasteiger partial charge in [0.05, 0.1) is 19.4 Å². The van der Waals surface area contributed by atoms with Gasteiger partial charge in [0, 0.05) is 23.5 Å². The first kappa shape index (κ1) is 16.7. The van der Waals surface area contributed by atoms with Crippen molar-refractivity contribution in [3.05, 3.63) is 53.9 Å². The number of hydrogen-bond donors (Lipinski definition) is 1. The van der Waals surface area contributed by atoms with E-state index in [1.54, 1.807) is 19.2 Å². The quantitative estimate of drug-likeness (QED) is 0.713. The maximum atomic E-state index is 12.4. The van der Waals surface area contributed by atoms with Crippen LogP contribution in [0.15, 0.2) is 42.7 Å².